The van der Waals surface area contributed by atoms with E-state index < -0.39 is 0 Å². The average Bonchev–Trinajstić information content (AvgIpc) is 3.74. The van der Waals surface area contributed by atoms with Crippen LogP contribution in [-0.4, -0.2) is 105 Å². The van der Waals surface area contributed by atoms with Crippen LogP contribution in [0.15, 0.2) is 109 Å². The van der Waals surface area contributed by atoms with Crippen LogP contribution in [0.4, 0.5) is 0 Å². The molecule has 5 aromatic carbocycles. The van der Waals surface area contributed by atoms with Crippen molar-refractivity contribution in [2.45, 2.75) is 142 Å². The molecule has 464 valence electrons. The third-order valence-corrected chi connectivity index (χ3v) is 14.6. The van der Waals surface area contributed by atoms with Crippen LogP contribution in [0.5, 0.6) is 23.0 Å². The first kappa shape index (κ1) is 69.8. The molecule has 0 aliphatic carbocycles. The van der Waals surface area contributed by atoms with Crippen molar-refractivity contribution in [2.75, 3.05) is 99.6 Å². The normalized spacial score (nSPS) is 11.8. The maximum Gasteiger partial charge on any atom is 0.127 e. The van der Waals surface area contributed by atoms with Gasteiger partial charge in [0.15, 0.2) is 0 Å². The highest BCUT2D eigenvalue weighted by atomic mass is 16.6. The summed E-state index contributed by atoms with van der Waals surface area (Å²) in [5.74, 6) is 3.31. The molecule has 10 heteroatoms. The summed E-state index contributed by atoms with van der Waals surface area (Å²) in [7, 11) is 1.70. The zero-order valence-electron chi connectivity index (χ0n) is 52.2. The number of aliphatic hydroxyl groups is 1. The minimum atomic E-state index is 0.0118. The Balaban J connectivity index is 1.11. The Morgan fingerprint density at radius 1 is 0.282 bits per heavy atom. The predicted octanol–water partition coefficient (Wildman–Crippen LogP) is 18.4. The van der Waals surface area contributed by atoms with E-state index in [4.69, 9.17) is 47.7 Å². The molecule has 0 heterocycles. The minimum Gasteiger partial charge on any atom is -0.496 e. The second kappa shape index (κ2) is 47.2. The summed E-state index contributed by atoms with van der Waals surface area (Å²) in [6.45, 7) is 10.9. The van der Waals surface area contributed by atoms with E-state index in [1.54, 1.807) is 7.11 Å². The van der Waals surface area contributed by atoms with Crippen molar-refractivity contribution in [3.05, 3.63) is 154 Å². The van der Waals surface area contributed by atoms with Crippen molar-refractivity contribution < 1.29 is 47.7 Å². The average molecular weight is 1170 g/mol. The molecule has 0 saturated heterocycles. The Labute approximate surface area is 512 Å². The topological polar surface area (TPSA) is 103 Å². The van der Waals surface area contributed by atoms with E-state index in [-0.39, 0.29) is 6.61 Å². The minimum absolute atomic E-state index is 0.0118. The van der Waals surface area contributed by atoms with E-state index in [1.807, 2.05) is 12.1 Å². The molecule has 1 N–H and O–H groups in total. The fourth-order valence-corrected chi connectivity index (χ4v) is 9.51. The molecule has 0 aromatic heterocycles. The van der Waals surface area contributed by atoms with E-state index in [1.165, 1.54) is 116 Å². The van der Waals surface area contributed by atoms with Gasteiger partial charge in [-0.15, -0.1) is 0 Å². The highest BCUT2D eigenvalue weighted by Gasteiger charge is 2.10. The summed E-state index contributed by atoms with van der Waals surface area (Å²) >= 11 is 0. The first-order chi connectivity index (χ1) is 42.1. The summed E-state index contributed by atoms with van der Waals surface area (Å²) in [4.78, 5) is 0. The lowest BCUT2D eigenvalue weighted by Gasteiger charge is -2.14. The molecular formula is C75H104O10. The summed E-state index contributed by atoms with van der Waals surface area (Å²) in [6.07, 6.45) is 43.3. The molecule has 0 fully saturated rings. The van der Waals surface area contributed by atoms with Crippen LogP contribution in [-0.2, 0) is 23.7 Å². The van der Waals surface area contributed by atoms with Crippen LogP contribution in [0.3, 0.4) is 0 Å². The molecule has 0 saturated carbocycles. The fraction of sp³-hybridized carbons (Fsp3) is 0.493. The molecule has 85 heavy (non-hydrogen) atoms. The number of rotatable bonds is 51. The van der Waals surface area contributed by atoms with Crippen LogP contribution >= 0.6 is 0 Å². The van der Waals surface area contributed by atoms with Gasteiger partial charge in [0.25, 0.3) is 0 Å². The first-order valence-electron chi connectivity index (χ1n) is 32.3. The summed E-state index contributed by atoms with van der Waals surface area (Å²) in [5, 5.41) is 8.77. The Morgan fingerprint density at radius 3 is 0.882 bits per heavy atom. The van der Waals surface area contributed by atoms with Crippen LogP contribution in [0.2, 0.25) is 0 Å². The molecule has 0 aliphatic heterocycles. The third kappa shape index (κ3) is 32.9. The molecule has 0 bridgehead atoms. The highest BCUT2D eigenvalue weighted by molar-refractivity contribution is 5.80. The molecule has 10 nitrogen and oxygen atoms in total. The van der Waals surface area contributed by atoms with E-state index in [9.17, 15) is 0 Å². The molecule has 0 amide bonds. The summed E-state index contributed by atoms with van der Waals surface area (Å²) in [5.41, 5.74) is 8.41. The predicted molar refractivity (Wildman–Crippen MR) is 356 cm³/mol. The van der Waals surface area contributed by atoms with Gasteiger partial charge in [-0.1, -0.05) is 251 Å². The van der Waals surface area contributed by atoms with Crippen LogP contribution in [0.1, 0.15) is 187 Å². The maximum absolute atomic E-state index is 8.77. The number of ether oxygens (including phenoxy) is 9. The number of aliphatic hydroxyl groups excluding tert-OH is 1. The Morgan fingerprint density at radius 2 is 0.553 bits per heavy atom. The molecule has 0 spiro atoms. The van der Waals surface area contributed by atoms with Crippen molar-refractivity contribution in [3.8, 4) is 23.0 Å². The van der Waals surface area contributed by atoms with Crippen molar-refractivity contribution in [2.24, 2.45) is 0 Å². The first-order valence-corrected chi connectivity index (χ1v) is 32.3. The van der Waals surface area contributed by atoms with Crippen LogP contribution in [0, 0.1) is 0 Å². The van der Waals surface area contributed by atoms with E-state index in [0.717, 1.165) is 93.6 Å². The Hall–Kier alpha value is -5.98. The maximum atomic E-state index is 8.77. The lowest BCUT2D eigenvalue weighted by Crippen LogP contribution is -2.14. The molecule has 5 rings (SSSR count). The third-order valence-electron chi connectivity index (χ3n) is 14.6. The SMILES string of the molecule is CCCCCCCCCCCCOc1ccc(/C=C/c2ccc(/C=C/c3cc(OCCOCCOCCOCCOCCOCCO)c(/C=C/c4ccc(/C=C/c5ccc(OCCCCCCCCCCCC)cc5)cc4)cc3OC)cc2)cc1. The van der Waals surface area contributed by atoms with Crippen molar-refractivity contribution in [3.63, 3.8) is 0 Å². The molecule has 0 aliphatic rings. The molecule has 5 aromatic rings. The standard InChI is InChI=1S/C75H104O10/c1-4-6-8-10-12-14-16-18-20-22-49-83-72-44-38-68(39-45-72)34-28-64-24-30-66(31-25-64)36-42-70-63-75(85-61-60-82-59-58-81-57-56-80-55-54-79-53-52-78-51-48-76)71(62-74(70)77-3)43-37-67-32-26-65(27-33-67)29-35-69-40-46-73(47-41-69)84-50-23-21-19-17-15-13-11-9-7-5-2/h24-47,62-63,76H,4-23,48-61H2,1-3H3/b34-28+,35-29+,42-36+,43-37+. The van der Waals surface area contributed by atoms with Gasteiger partial charge in [0.1, 0.15) is 29.6 Å². The number of hydrogen-bond acceptors (Lipinski definition) is 10. The molecule has 0 radical (unpaired) electrons. The van der Waals surface area contributed by atoms with Gasteiger partial charge in [-0.2, -0.15) is 0 Å². The van der Waals surface area contributed by atoms with Gasteiger partial charge in [0.2, 0.25) is 0 Å². The van der Waals surface area contributed by atoms with Gasteiger partial charge in [-0.25, -0.2) is 0 Å². The highest BCUT2D eigenvalue weighted by Crippen LogP contribution is 2.32. The molecule has 0 unspecified atom stereocenters. The van der Waals surface area contributed by atoms with Gasteiger partial charge in [-0.05, 0) is 82.6 Å². The number of benzene rings is 5. The lowest BCUT2D eigenvalue weighted by atomic mass is 10.0. The number of unbranched alkanes of at least 4 members (excludes halogenated alkanes) is 18. The zero-order chi connectivity index (χ0) is 59.7. The van der Waals surface area contributed by atoms with E-state index in [2.05, 4.69) is 160 Å². The smallest absolute Gasteiger partial charge is 0.127 e. The Bertz CT molecular complexity index is 2530. The van der Waals surface area contributed by atoms with Crippen molar-refractivity contribution >= 4 is 48.6 Å². The van der Waals surface area contributed by atoms with Crippen LogP contribution in [0.25, 0.3) is 48.6 Å². The Kier molecular flexibility index (Phi) is 38.8. The summed E-state index contributed by atoms with van der Waals surface area (Å²) in [6, 6.07) is 37.8. The number of hydrogen-bond donors (Lipinski definition) is 1. The van der Waals surface area contributed by atoms with Crippen LogP contribution < -0.4 is 18.9 Å². The van der Waals surface area contributed by atoms with Crippen molar-refractivity contribution in [1.82, 2.24) is 0 Å². The van der Waals surface area contributed by atoms with Gasteiger partial charge >= 0.3 is 0 Å². The van der Waals surface area contributed by atoms with Gasteiger partial charge in [0.05, 0.1) is 93.0 Å². The van der Waals surface area contributed by atoms with Gasteiger partial charge in [-0.3, -0.25) is 0 Å². The van der Waals surface area contributed by atoms with E-state index >= 15 is 0 Å². The second-order valence-electron chi connectivity index (χ2n) is 21.6. The van der Waals surface area contributed by atoms with E-state index in [0.29, 0.717) is 72.7 Å². The molecular weight excluding hydrogens is 1060 g/mol. The van der Waals surface area contributed by atoms with Gasteiger partial charge < -0.3 is 47.7 Å². The lowest BCUT2D eigenvalue weighted by molar-refractivity contribution is -0.0146. The molecule has 0 atom stereocenters. The second-order valence-corrected chi connectivity index (χ2v) is 21.6. The monoisotopic (exact) mass is 1160 g/mol. The number of methoxy groups -OCH3 is 1. The zero-order valence-corrected chi connectivity index (χ0v) is 52.2. The quantitative estimate of drug-likeness (QED) is 0.0299. The largest absolute Gasteiger partial charge is 0.496 e. The van der Waals surface area contributed by atoms with Crippen molar-refractivity contribution in [1.29, 1.82) is 0 Å². The van der Waals surface area contributed by atoms with Gasteiger partial charge in [0, 0.05) is 11.1 Å². The fourth-order valence-electron chi connectivity index (χ4n) is 9.51. The summed E-state index contributed by atoms with van der Waals surface area (Å²) < 4.78 is 52.3.